The van der Waals surface area contributed by atoms with Crippen LogP contribution in [0.4, 0.5) is 0 Å². The first kappa shape index (κ1) is 23.4. The van der Waals surface area contributed by atoms with Crippen LogP contribution in [0.15, 0.2) is 18.2 Å². The number of ether oxygens (including phenoxy) is 3. The summed E-state index contributed by atoms with van der Waals surface area (Å²) in [5.41, 5.74) is 8.89. The molecule has 4 atom stereocenters. The fourth-order valence-electron chi connectivity index (χ4n) is 4.17. The number of benzene rings is 1. The molecule has 0 aromatic heterocycles. The molecule has 6 N–H and O–H groups in total. The number of carbonyl (C=O) groups is 2. The Labute approximate surface area is 246 Å². The second-order valence-electron chi connectivity index (χ2n) is 10.7. The molecule has 1 aromatic rings. The zero-order valence-electron chi connectivity index (χ0n) is 32.1. The molecule has 0 radical (unpaired) electrons. The second kappa shape index (κ2) is 16.7. The number of amides is 2. The van der Waals surface area contributed by atoms with E-state index >= 15 is 0 Å². The Kier molecular flexibility index (Phi) is 9.99. The monoisotopic (exact) mass is 559 g/mol. The molecular weight excluding hydrogens is 498 g/mol. The van der Waals surface area contributed by atoms with E-state index in [0.29, 0.717) is 44.0 Å². The number of rotatable bonds is 19. The number of primary amides is 1. The Morgan fingerprint density at radius 1 is 1.10 bits per heavy atom. The minimum Gasteiger partial charge on any atom is -0.493 e. The van der Waals surface area contributed by atoms with E-state index in [-0.39, 0.29) is 18.3 Å². The van der Waals surface area contributed by atoms with Crippen molar-refractivity contribution in [1.29, 1.82) is 0 Å². The van der Waals surface area contributed by atoms with Crippen molar-refractivity contribution in [3.63, 3.8) is 0 Å². The highest BCUT2D eigenvalue weighted by Gasteiger charge is 2.32. The maximum atomic E-state index is 13.4. The molecule has 0 heterocycles. The van der Waals surface area contributed by atoms with Crippen LogP contribution in [0.3, 0.4) is 0 Å². The summed E-state index contributed by atoms with van der Waals surface area (Å²) >= 11 is 0. The van der Waals surface area contributed by atoms with Gasteiger partial charge in [0, 0.05) is 46.8 Å². The van der Waals surface area contributed by atoms with Gasteiger partial charge in [0.2, 0.25) is 11.8 Å². The third kappa shape index (κ3) is 11.7. The molecule has 0 spiro atoms. The van der Waals surface area contributed by atoms with E-state index < -0.39 is 61.4 Å². The Hall–Kier alpha value is -2.36. The number of aliphatic hydroxyl groups excluding tert-OH is 1. The van der Waals surface area contributed by atoms with Crippen molar-refractivity contribution in [3.05, 3.63) is 23.8 Å². The van der Waals surface area contributed by atoms with Gasteiger partial charge in [0.15, 0.2) is 11.5 Å². The highest BCUT2D eigenvalue weighted by molar-refractivity contribution is 5.83. The van der Waals surface area contributed by atoms with E-state index in [9.17, 15) is 14.7 Å². The normalized spacial score (nSPS) is 19.1. The average Bonchev–Trinajstić information content (AvgIpc) is 2.91. The Morgan fingerprint density at radius 3 is 2.33 bits per heavy atom. The molecule has 0 saturated heterocycles. The van der Waals surface area contributed by atoms with Gasteiger partial charge in [0.25, 0.3) is 0 Å². The molecular formula is C30H53N3O6. The molecule has 0 fully saturated rings. The van der Waals surface area contributed by atoms with Crippen molar-refractivity contribution < 1.29 is 39.9 Å². The predicted molar refractivity (Wildman–Crippen MR) is 155 cm³/mol. The molecule has 1 aromatic carbocycles. The summed E-state index contributed by atoms with van der Waals surface area (Å²) in [5, 5.41) is 13.0. The van der Waals surface area contributed by atoms with Crippen molar-refractivity contribution in [2.24, 2.45) is 40.6 Å². The van der Waals surface area contributed by atoms with Gasteiger partial charge in [-0.2, -0.15) is 0 Å². The first-order valence-electron chi connectivity index (χ1n) is 17.3. The minimum atomic E-state index is -3.75. The molecule has 9 nitrogen and oxygen atoms in total. The number of hydrogen-bond donors (Lipinski definition) is 4. The molecule has 224 valence electrons. The summed E-state index contributed by atoms with van der Waals surface area (Å²) < 4.78 is 79.6. The summed E-state index contributed by atoms with van der Waals surface area (Å²) in [6.07, 6.45) is 0.200. The average molecular weight is 560 g/mol. The number of aliphatic hydroxyl groups is 1. The number of carbonyl (C=O) groups excluding carboxylic acids is 2. The van der Waals surface area contributed by atoms with Crippen molar-refractivity contribution in [1.82, 2.24) is 5.32 Å². The fourth-order valence-corrected chi connectivity index (χ4v) is 4.17. The van der Waals surface area contributed by atoms with E-state index in [1.165, 1.54) is 0 Å². The lowest BCUT2D eigenvalue weighted by Crippen LogP contribution is -2.46. The van der Waals surface area contributed by atoms with Crippen LogP contribution in [-0.2, 0) is 20.7 Å². The van der Waals surface area contributed by atoms with Gasteiger partial charge in [0.1, 0.15) is 0 Å². The van der Waals surface area contributed by atoms with E-state index in [2.05, 4.69) is 0 Å². The molecule has 0 bridgehead atoms. The lowest BCUT2D eigenvalue weighted by Gasteiger charge is -2.30. The van der Waals surface area contributed by atoms with Crippen LogP contribution in [0.2, 0.25) is 0 Å². The number of methoxy groups -OCH3 is 2. The number of nitrogens with one attached hydrogen (secondary N) is 1. The van der Waals surface area contributed by atoms with Crippen molar-refractivity contribution in [2.75, 3.05) is 33.9 Å². The predicted octanol–water partition coefficient (Wildman–Crippen LogP) is 3.29. The van der Waals surface area contributed by atoms with Crippen molar-refractivity contribution >= 4 is 11.8 Å². The zero-order chi connectivity index (χ0) is 36.5. The molecule has 1 rings (SSSR count). The van der Waals surface area contributed by atoms with Crippen LogP contribution < -0.4 is 26.3 Å². The maximum Gasteiger partial charge on any atom is 0.224 e. The summed E-state index contributed by atoms with van der Waals surface area (Å²) in [5.74, 6) is -3.34. The number of hydrogen-bond acceptors (Lipinski definition) is 7. The molecule has 0 aliphatic rings. The van der Waals surface area contributed by atoms with Gasteiger partial charge >= 0.3 is 0 Å². The summed E-state index contributed by atoms with van der Waals surface area (Å²) in [6, 6.07) is 4.85. The van der Waals surface area contributed by atoms with Crippen LogP contribution in [0.25, 0.3) is 0 Å². The molecule has 0 aliphatic heterocycles. The molecule has 39 heavy (non-hydrogen) atoms. The van der Waals surface area contributed by atoms with Crippen molar-refractivity contribution in [2.45, 2.75) is 79.2 Å². The van der Waals surface area contributed by atoms with Crippen LogP contribution in [-0.4, -0.2) is 63.0 Å². The van der Waals surface area contributed by atoms with E-state index in [1.807, 2.05) is 37.4 Å². The highest BCUT2D eigenvalue weighted by atomic mass is 16.5. The summed E-state index contributed by atoms with van der Waals surface area (Å²) in [6.45, 7) is -2.79. The SMILES string of the molecule is [2H]C([2H])([2H])C(C(N)=O)(C([2H])([2H])[2H])C([2H])([2H])NC(=O)[C@@H](C[C@H](O)[C@@H](N)C[C@H](Cc1ccc(OC)c(OCCCOC)c1)C(C)C)C(C)C. The Balaban J connectivity index is 3.17. The van der Waals surface area contributed by atoms with Gasteiger partial charge in [-0.25, -0.2) is 0 Å². The van der Waals surface area contributed by atoms with Gasteiger partial charge in [-0.3, -0.25) is 9.59 Å². The van der Waals surface area contributed by atoms with Gasteiger partial charge in [-0.05, 0) is 68.4 Å². The zero-order valence-corrected chi connectivity index (χ0v) is 24.1. The topological polar surface area (TPSA) is 146 Å². The van der Waals surface area contributed by atoms with Gasteiger partial charge in [-0.15, -0.1) is 0 Å². The van der Waals surface area contributed by atoms with E-state index in [4.69, 9.17) is 36.6 Å². The van der Waals surface area contributed by atoms with Gasteiger partial charge in [0.05, 0.1) is 28.0 Å². The standard InChI is InChI=1S/C30H53N3O6/c1-19(2)22(14-21-10-11-26(38-8)27(15-21)39-13-9-12-37-7)16-24(31)25(34)17-23(20(3)4)28(35)33-18-30(5,6)29(32)36/h10-11,15,19-20,22-25,34H,9,12-14,16-18,31H2,1-8H3,(H2,32,36)(H,33,35)/t22-,23-,24-,25-/m0/s1/i5D3,6D3,18D2. The Morgan fingerprint density at radius 2 is 1.79 bits per heavy atom. The molecule has 0 aliphatic carbocycles. The quantitative estimate of drug-likeness (QED) is 0.190. The van der Waals surface area contributed by atoms with Gasteiger partial charge < -0.3 is 36.1 Å². The Bertz CT molecular complexity index is 1150. The second-order valence-corrected chi connectivity index (χ2v) is 10.7. The molecule has 9 heteroatoms. The van der Waals surface area contributed by atoms with Crippen LogP contribution >= 0.6 is 0 Å². The van der Waals surface area contributed by atoms with Crippen molar-refractivity contribution in [3.8, 4) is 11.5 Å². The minimum absolute atomic E-state index is 0.00426. The van der Waals surface area contributed by atoms with Crippen LogP contribution in [0.1, 0.15) is 77.2 Å². The van der Waals surface area contributed by atoms with Gasteiger partial charge in [-0.1, -0.05) is 33.8 Å². The first-order valence-corrected chi connectivity index (χ1v) is 13.3. The largest absolute Gasteiger partial charge is 0.493 e. The van der Waals surface area contributed by atoms with E-state index in [0.717, 1.165) is 5.56 Å². The lowest BCUT2D eigenvalue weighted by molar-refractivity contribution is -0.130. The summed E-state index contributed by atoms with van der Waals surface area (Å²) in [4.78, 5) is 25.8. The first-order chi connectivity index (χ1) is 21.5. The smallest absolute Gasteiger partial charge is 0.224 e. The molecule has 0 unspecified atom stereocenters. The van der Waals surface area contributed by atoms with Crippen LogP contribution in [0.5, 0.6) is 11.5 Å². The fraction of sp³-hybridized carbons (Fsp3) is 0.733. The maximum absolute atomic E-state index is 13.4. The molecule has 0 saturated carbocycles. The third-order valence-electron chi connectivity index (χ3n) is 6.87. The summed E-state index contributed by atoms with van der Waals surface area (Å²) in [7, 11) is 3.18. The third-order valence-corrected chi connectivity index (χ3v) is 6.87. The highest BCUT2D eigenvalue weighted by Crippen LogP contribution is 2.32. The van der Waals surface area contributed by atoms with Crippen LogP contribution in [0, 0.1) is 29.1 Å². The molecule has 2 amide bonds. The number of nitrogens with two attached hydrogens (primary N) is 2. The lowest BCUT2D eigenvalue weighted by atomic mass is 9.80. The van der Waals surface area contributed by atoms with E-state index in [1.54, 1.807) is 28.1 Å².